The van der Waals surface area contributed by atoms with Crippen molar-refractivity contribution < 1.29 is 19.0 Å². The van der Waals surface area contributed by atoms with Gasteiger partial charge in [0.25, 0.3) is 0 Å². The van der Waals surface area contributed by atoms with Crippen LogP contribution >= 0.6 is 0 Å². The third-order valence-corrected chi connectivity index (χ3v) is 3.74. The molecule has 5 heteroatoms. The monoisotopic (exact) mass is 323 g/mol. The average molecular weight is 323 g/mol. The van der Waals surface area contributed by atoms with Crippen molar-refractivity contribution in [3.63, 3.8) is 0 Å². The van der Waals surface area contributed by atoms with Gasteiger partial charge >= 0.3 is 5.97 Å². The summed E-state index contributed by atoms with van der Waals surface area (Å²) in [6.07, 6.45) is 2.32. The molecule has 2 N–H and O–H groups in total. The van der Waals surface area contributed by atoms with Crippen LogP contribution in [0.1, 0.15) is 39.2 Å². The lowest BCUT2D eigenvalue weighted by Gasteiger charge is -2.18. The minimum absolute atomic E-state index is 0.299. The van der Waals surface area contributed by atoms with Crippen molar-refractivity contribution in [3.8, 4) is 11.5 Å². The molecule has 0 aromatic heterocycles. The van der Waals surface area contributed by atoms with Gasteiger partial charge in [-0.25, -0.2) is 0 Å². The van der Waals surface area contributed by atoms with Gasteiger partial charge in [0.15, 0.2) is 0 Å². The van der Waals surface area contributed by atoms with E-state index in [1.807, 2.05) is 32.0 Å². The van der Waals surface area contributed by atoms with E-state index in [0.29, 0.717) is 25.6 Å². The maximum absolute atomic E-state index is 11.4. The fraction of sp³-hybridized carbons (Fsp3) is 0.611. The Bertz CT molecular complexity index is 466. The van der Waals surface area contributed by atoms with E-state index in [4.69, 9.17) is 15.2 Å². The van der Waals surface area contributed by atoms with Gasteiger partial charge in [0.05, 0.1) is 20.3 Å². The summed E-state index contributed by atoms with van der Waals surface area (Å²) in [5, 5.41) is 0. The molecule has 0 aliphatic heterocycles. The van der Waals surface area contributed by atoms with Crippen LogP contribution in [0.3, 0.4) is 0 Å². The summed E-state index contributed by atoms with van der Waals surface area (Å²) in [5.41, 5.74) is 6.91. The van der Waals surface area contributed by atoms with E-state index in [-0.39, 0.29) is 5.97 Å². The maximum atomic E-state index is 11.4. The summed E-state index contributed by atoms with van der Waals surface area (Å²) in [6, 6.07) is 5.30. The highest BCUT2D eigenvalue weighted by molar-refractivity contribution is 5.75. The molecule has 0 bridgehead atoms. The Morgan fingerprint density at radius 1 is 1.17 bits per heavy atom. The molecule has 0 amide bonds. The lowest BCUT2D eigenvalue weighted by Crippen LogP contribution is -2.33. The predicted octanol–water partition coefficient (Wildman–Crippen LogP) is 2.94. The highest BCUT2D eigenvalue weighted by atomic mass is 16.5. The van der Waals surface area contributed by atoms with Gasteiger partial charge in [0, 0.05) is 5.56 Å². The second-order valence-electron chi connectivity index (χ2n) is 5.61. The number of carbonyl (C=O) groups excluding carboxylic acids is 1. The van der Waals surface area contributed by atoms with Gasteiger partial charge in [-0.1, -0.05) is 13.0 Å². The van der Waals surface area contributed by atoms with Crippen LogP contribution in [0.15, 0.2) is 18.2 Å². The number of methoxy groups -OCH3 is 1. The topological polar surface area (TPSA) is 70.8 Å². The molecule has 0 heterocycles. The maximum Gasteiger partial charge on any atom is 0.322 e. The van der Waals surface area contributed by atoms with Gasteiger partial charge in [-0.2, -0.15) is 0 Å². The molecule has 2 atom stereocenters. The molecule has 0 fully saturated rings. The van der Waals surface area contributed by atoms with Crippen molar-refractivity contribution >= 4 is 5.97 Å². The first-order chi connectivity index (χ1) is 11.0. The van der Waals surface area contributed by atoms with Crippen molar-refractivity contribution in [2.24, 2.45) is 11.7 Å². The smallest absolute Gasteiger partial charge is 0.322 e. The van der Waals surface area contributed by atoms with Gasteiger partial charge in [0.1, 0.15) is 17.5 Å². The summed E-state index contributed by atoms with van der Waals surface area (Å²) < 4.78 is 16.1. The van der Waals surface area contributed by atoms with Crippen molar-refractivity contribution in [2.45, 2.75) is 46.1 Å². The number of nitrogens with two attached hydrogens (primary N) is 1. The summed E-state index contributed by atoms with van der Waals surface area (Å²) in [6.45, 7) is 7.26. The summed E-state index contributed by atoms with van der Waals surface area (Å²) in [7, 11) is 1.36. The van der Waals surface area contributed by atoms with Crippen molar-refractivity contribution in [3.05, 3.63) is 23.8 Å². The van der Waals surface area contributed by atoms with E-state index in [9.17, 15) is 4.79 Å². The number of hydrogen-bond donors (Lipinski definition) is 1. The van der Waals surface area contributed by atoms with E-state index in [2.05, 4.69) is 11.7 Å². The third kappa shape index (κ3) is 6.10. The van der Waals surface area contributed by atoms with E-state index >= 15 is 0 Å². The summed E-state index contributed by atoms with van der Waals surface area (Å²) in [4.78, 5) is 11.4. The molecular formula is C18H29NO4. The SMILES string of the molecule is CCOc1cccc(OCC)c1CCC(C)CC(N)C(=O)OC. The molecule has 0 radical (unpaired) electrons. The number of carbonyl (C=O) groups is 1. The van der Waals surface area contributed by atoms with Crippen molar-refractivity contribution in [2.75, 3.05) is 20.3 Å². The highest BCUT2D eigenvalue weighted by Crippen LogP contribution is 2.31. The van der Waals surface area contributed by atoms with Crippen LogP contribution in [0.25, 0.3) is 0 Å². The number of benzene rings is 1. The van der Waals surface area contributed by atoms with Crippen molar-refractivity contribution in [1.29, 1.82) is 0 Å². The molecule has 0 aliphatic rings. The lowest BCUT2D eigenvalue weighted by molar-refractivity contribution is -0.142. The van der Waals surface area contributed by atoms with Crippen LogP contribution in [-0.4, -0.2) is 32.3 Å². The number of rotatable bonds is 10. The second-order valence-corrected chi connectivity index (χ2v) is 5.61. The lowest BCUT2D eigenvalue weighted by atomic mass is 9.94. The molecule has 5 nitrogen and oxygen atoms in total. The molecule has 2 unspecified atom stereocenters. The van der Waals surface area contributed by atoms with E-state index in [1.54, 1.807) is 0 Å². The van der Waals surface area contributed by atoms with Gasteiger partial charge in [-0.3, -0.25) is 4.79 Å². The number of esters is 1. The Labute approximate surface area is 139 Å². The number of ether oxygens (including phenoxy) is 3. The first-order valence-corrected chi connectivity index (χ1v) is 8.24. The second kappa shape index (κ2) is 10.1. The highest BCUT2D eigenvalue weighted by Gasteiger charge is 2.18. The standard InChI is InChI=1S/C18H29NO4/c1-5-22-16-8-7-9-17(23-6-2)14(16)11-10-13(3)12-15(19)18(20)21-4/h7-9,13,15H,5-6,10-12,19H2,1-4H3. The normalized spacial score (nSPS) is 13.3. The molecular weight excluding hydrogens is 294 g/mol. The first kappa shape index (κ1) is 19.3. The molecule has 23 heavy (non-hydrogen) atoms. The molecule has 0 saturated carbocycles. The van der Waals surface area contributed by atoms with E-state index < -0.39 is 6.04 Å². The zero-order valence-electron chi connectivity index (χ0n) is 14.6. The molecule has 0 saturated heterocycles. The molecule has 1 aromatic rings. The van der Waals surface area contributed by atoms with Crippen LogP contribution in [0.4, 0.5) is 0 Å². The third-order valence-electron chi connectivity index (χ3n) is 3.74. The zero-order chi connectivity index (χ0) is 17.2. The van der Waals surface area contributed by atoms with Crippen LogP contribution in [0.5, 0.6) is 11.5 Å². The van der Waals surface area contributed by atoms with Gasteiger partial charge < -0.3 is 19.9 Å². The molecule has 1 rings (SSSR count). The Morgan fingerprint density at radius 2 is 1.74 bits per heavy atom. The van der Waals surface area contributed by atoms with Gasteiger partial charge in [-0.05, 0) is 51.2 Å². The van der Waals surface area contributed by atoms with Gasteiger partial charge in [-0.15, -0.1) is 0 Å². The largest absolute Gasteiger partial charge is 0.493 e. The van der Waals surface area contributed by atoms with E-state index in [1.165, 1.54) is 7.11 Å². The van der Waals surface area contributed by atoms with Crippen LogP contribution < -0.4 is 15.2 Å². The Hall–Kier alpha value is -1.75. The van der Waals surface area contributed by atoms with E-state index in [0.717, 1.165) is 29.9 Å². The van der Waals surface area contributed by atoms with Gasteiger partial charge in [0.2, 0.25) is 0 Å². The summed E-state index contributed by atoms with van der Waals surface area (Å²) in [5.74, 6) is 1.67. The van der Waals surface area contributed by atoms with Crippen LogP contribution in [0, 0.1) is 5.92 Å². The minimum atomic E-state index is -0.566. The quantitative estimate of drug-likeness (QED) is 0.670. The molecule has 0 aliphatic carbocycles. The Kier molecular flexibility index (Phi) is 8.48. The number of hydrogen-bond acceptors (Lipinski definition) is 5. The fourth-order valence-corrected chi connectivity index (χ4v) is 2.56. The summed E-state index contributed by atoms with van der Waals surface area (Å²) >= 11 is 0. The first-order valence-electron chi connectivity index (χ1n) is 8.24. The fourth-order valence-electron chi connectivity index (χ4n) is 2.56. The van der Waals surface area contributed by atoms with Crippen LogP contribution in [0.2, 0.25) is 0 Å². The van der Waals surface area contributed by atoms with Crippen LogP contribution in [-0.2, 0) is 16.0 Å². The predicted molar refractivity (Wildman–Crippen MR) is 90.9 cm³/mol. The molecule has 1 aromatic carbocycles. The zero-order valence-corrected chi connectivity index (χ0v) is 14.6. The Balaban J connectivity index is 2.73. The molecule has 0 spiro atoms. The average Bonchev–Trinajstić information content (AvgIpc) is 2.54. The minimum Gasteiger partial charge on any atom is -0.493 e. The van der Waals surface area contributed by atoms with Crippen molar-refractivity contribution in [1.82, 2.24) is 0 Å². The Morgan fingerprint density at radius 3 is 2.22 bits per heavy atom. The molecule has 130 valence electrons.